The molecule has 1 aliphatic heterocycles. The van der Waals surface area contributed by atoms with Crippen LogP contribution < -0.4 is 5.32 Å². The number of esters is 1. The normalized spacial score (nSPS) is 18.7. The molecule has 0 bridgehead atoms. The molecule has 1 N–H and O–H groups in total. The lowest BCUT2D eigenvalue weighted by atomic mass is 10.2. The number of rotatable bonds is 7. The molecule has 0 aromatic heterocycles. The number of ether oxygens (including phenoxy) is 1. The van der Waals surface area contributed by atoms with E-state index >= 15 is 0 Å². The molecule has 108 valence electrons. The average Bonchev–Trinajstić information content (AvgIpc) is 2.87. The van der Waals surface area contributed by atoms with Crippen molar-refractivity contribution in [2.45, 2.75) is 25.5 Å². The number of carbonyl (C=O) groups excluding carboxylic acids is 2. The van der Waals surface area contributed by atoms with Crippen molar-refractivity contribution in [2.75, 3.05) is 19.6 Å². The fraction of sp³-hybridized carbons (Fsp3) is 0.467. The average molecular weight is 276 g/mol. The molecule has 0 radical (unpaired) electrons. The third-order valence-electron chi connectivity index (χ3n) is 3.33. The van der Waals surface area contributed by atoms with Crippen LogP contribution in [-0.2, 0) is 20.9 Å². The van der Waals surface area contributed by atoms with Gasteiger partial charge in [-0.15, -0.1) is 0 Å². The van der Waals surface area contributed by atoms with Gasteiger partial charge in [-0.05, 0) is 12.0 Å². The van der Waals surface area contributed by atoms with E-state index in [9.17, 15) is 9.59 Å². The Balaban J connectivity index is 1.69. The van der Waals surface area contributed by atoms with Crippen LogP contribution >= 0.6 is 0 Å². The number of carbonyl (C=O) groups is 2. The smallest absolute Gasteiger partial charge is 0.307 e. The SMILES string of the molecule is O=CNCCC(=O)OC1CCN(Cc2ccccc2)C1. The number of benzene rings is 1. The lowest BCUT2D eigenvalue weighted by molar-refractivity contribution is -0.148. The van der Waals surface area contributed by atoms with Gasteiger partial charge in [0.05, 0.1) is 6.42 Å². The molecule has 1 aromatic rings. The Morgan fingerprint density at radius 1 is 1.40 bits per heavy atom. The number of amides is 1. The first-order valence-corrected chi connectivity index (χ1v) is 6.90. The summed E-state index contributed by atoms with van der Waals surface area (Å²) >= 11 is 0. The van der Waals surface area contributed by atoms with Crippen LogP contribution in [0.4, 0.5) is 0 Å². The zero-order valence-corrected chi connectivity index (χ0v) is 11.5. The first-order chi connectivity index (χ1) is 9.78. The summed E-state index contributed by atoms with van der Waals surface area (Å²) in [6, 6.07) is 10.3. The van der Waals surface area contributed by atoms with Gasteiger partial charge in [-0.25, -0.2) is 0 Å². The van der Waals surface area contributed by atoms with E-state index in [0.717, 1.165) is 26.1 Å². The second kappa shape index (κ2) is 7.65. The second-order valence-corrected chi connectivity index (χ2v) is 4.94. The van der Waals surface area contributed by atoms with Crippen molar-refractivity contribution in [3.05, 3.63) is 35.9 Å². The summed E-state index contributed by atoms with van der Waals surface area (Å²) in [5, 5.41) is 2.45. The van der Waals surface area contributed by atoms with E-state index < -0.39 is 0 Å². The highest BCUT2D eigenvalue weighted by Crippen LogP contribution is 2.16. The molecule has 20 heavy (non-hydrogen) atoms. The number of nitrogens with zero attached hydrogens (tertiary/aromatic N) is 1. The zero-order chi connectivity index (χ0) is 14.2. The van der Waals surface area contributed by atoms with Crippen LogP contribution in [0.2, 0.25) is 0 Å². The van der Waals surface area contributed by atoms with E-state index in [1.807, 2.05) is 18.2 Å². The summed E-state index contributed by atoms with van der Waals surface area (Å²) < 4.78 is 5.39. The summed E-state index contributed by atoms with van der Waals surface area (Å²) in [5.74, 6) is -0.245. The molecule has 5 nitrogen and oxygen atoms in total. The fourth-order valence-corrected chi connectivity index (χ4v) is 2.36. The molecular weight excluding hydrogens is 256 g/mol. The van der Waals surface area contributed by atoms with E-state index in [-0.39, 0.29) is 18.5 Å². The monoisotopic (exact) mass is 276 g/mol. The maximum absolute atomic E-state index is 11.5. The minimum Gasteiger partial charge on any atom is -0.461 e. The first-order valence-electron chi connectivity index (χ1n) is 6.90. The van der Waals surface area contributed by atoms with Gasteiger partial charge in [-0.1, -0.05) is 30.3 Å². The molecule has 5 heteroatoms. The molecule has 1 heterocycles. The summed E-state index contributed by atoms with van der Waals surface area (Å²) in [6.45, 7) is 2.95. The van der Waals surface area contributed by atoms with Gasteiger partial charge in [0.15, 0.2) is 0 Å². The number of hydrogen-bond donors (Lipinski definition) is 1. The van der Waals surface area contributed by atoms with E-state index in [0.29, 0.717) is 13.0 Å². The Morgan fingerprint density at radius 3 is 2.95 bits per heavy atom. The van der Waals surface area contributed by atoms with Crippen molar-refractivity contribution >= 4 is 12.4 Å². The van der Waals surface area contributed by atoms with Gasteiger partial charge in [0.2, 0.25) is 6.41 Å². The summed E-state index contributed by atoms with van der Waals surface area (Å²) in [4.78, 5) is 23.9. The zero-order valence-electron chi connectivity index (χ0n) is 11.5. The van der Waals surface area contributed by atoms with Gasteiger partial charge in [0.1, 0.15) is 6.10 Å². The minimum atomic E-state index is -0.245. The van der Waals surface area contributed by atoms with Crippen molar-refractivity contribution in [2.24, 2.45) is 0 Å². The Labute approximate surface area is 118 Å². The molecule has 1 aliphatic rings. The molecule has 1 amide bonds. The molecule has 1 fully saturated rings. The van der Waals surface area contributed by atoms with Gasteiger partial charge in [-0.2, -0.15) is 0 Å². The van der Waals surface area contributed by atoms with Crippen LogP contribution in [0.25, 0.3) is 0 Å². The van der Waals surface area contributed by atoms with Gasteiger partial charge < -0.3 is 10.1 Å². The Bertz CT molecular complexity index is 436. The summed E-state index contributed by atoms with van der Waals surface area (Å²) in [5.41, 5.74) is 1.27. The van der Waals surface area contributed by atoms with Gasteiger partial charge in [0.25, 0.3) is 0 Å². The van der Waals surface area contributed by atoms with Crippen LogP contribution in [0.5, 0.6) is 0 Å². The predicted octanol–water partition coefficient (Wildman–Crippen LogP) is 0.940. The highest BCUT2D eigenvalue weighted by Gasteiger charge is 2.25. The fourth-order valence-electron chi connectivity index (χ4n) is 2.36. The summed E-state index contributed by atoms with van der Waals surface area (Å²) in [6.07, 6.45) is 1.67. The number of hydrogen-bond acceptors (Lipinski definition) is 4. The molecule has 0 aliphatic carbocycles. The lowest BCUT2D eigenvalue weighted by Gasteiger charge is -2.16. The lowest BCUT2D eigenvalue weighted by Crippen LogP contribution is -2.26. The van der Waals surface area contributed by atoms with Crippen molar-refractivity contribution in [3.63, 3.8) is 0 Å². The second-order valence-electron chi connectivity index (χ2n) is 4.94. The molecule has 1 aromatic carbocycles. The Morgan fingerprint density at radius 2 is 2.20 bits per heavy atom. The van der Waals surface area contributed by atoms with Crippen LogP contribution in [0.3, 0.4) is 0 Å². The highest BCUT2D eigenvalue weighted by molar-refractivity contribution is 5.70. The predicted molar refractivity (Wildman–Crippen MR) is 74.9 cm³/mol. The van der Waals surface area contributed by atoms with Crippen LogP contribution in [-0.4, -0.2) is 43.0 Å². The number of likely N-dealkylation sites (tertiary alicyclic amines) is 1. The molecule has 2 rings (SSSR count). The molecule has 0 saturated carbocycles. The third-order valence-corrected chi connectivity index (χ3v) is 3.33. The van der Waals surface area contributed by atoms with Crippen LogP contribution in [0.15, 0.2) is 30.3 Å². The molecule has 1 saturated heterocycles. The van der Waals surface area contributed by atoms with Gasteiger partial charge in [0, 0.05) is 26.2 Å². The summed E-state index contributed by atoms with van der Waals surface area (Å²) in [7, 11) is 0. The van der Waals surface area contributed by atoms with Gasteiger partial charge >= 0.3 is 5.97 Å². The van der Waals surface area contributed by atoms with Crippen molar-refractivity contribution < 1.29 is 14.3 Å². The topological polar surface area (TPSA) is 58.6 Å². The maximum Gasteiger partial charge on any atom is 0.307 e. The van der Waals surface area contributed by atoms with Gasteiger partial charge in [-0.3, -0.25) is 14.5 Å². The molecule has 1 atom stereocenters. The number of nitrogens with one attached hydrogen (secondary N) is 1. The maximum atomic E-state index is 11.5. The highest BCUT2D eigenvalue weighted by atomic mass is 16.5. The first kappa shape index (κ1) is 14.5. The van der Waals surface area contributed by atoms with Crippen molar-refractivity contribution in [1.82, 2.24) is 10.2 Å². The third kappa shape index (κ3) is 4.66. The molecule has 0 spiro atoms. The Hall–Kier alpha value is -1.88. The van der Waals surface area contributed by atoms with E-state index in [2.05, 4.69) is 22.3 Å². The van der Waals surface area contributed by atoms with E-state index in [4.69, 9.17) is 4.74 Å². The molecular formula is C15H20N2O3. The standard InChI is InChI=1S/C15H20N2O3/c18-12-16-8-6-15(19)20-14-7-9-17(11-14)10-13-4-2-1-3-5-13/h1-5,12,14H,6-11H2,(H,16,18). The molecule has 1 unspecified atom stereocenters. The minimum absolute atomic E-state index is 0.0255. The van der Waals surface area contributed by atoms with Crippen molar-refractivity contribution in [1.29, 1.82) is 0 Å². The van der Waals surface area contributed by atoms with Crippen LogP contribution in [0.1, 0.15) is 18.4 Å². The van der Waals surface area contributed by atoms with E-state index in [1.54, 1.807) is 0 Å². The van der Waals surface area contributed by atoms with Crippen molar-refractivity contribution in [3.8, 4) is 0 Å². The Kier molecular flexibility index (Phi) is 5.55. The van der Waals surface area contributed by atoms with E-state index in [1.165, 1.54) is 5.56 Å². The largest absolute Gasteiger partial charge is 0.461 e. The van der Waals surface area contributed by atoms with Crippen LogP contribution in [0, 0.1) is 0 Å². The quantitative estimate of drug-likeness (QED) is 0.457.